The van der Waals surface area contributed by atoms with Crippen LogP contribution in [-0.4, -0.2) is 41.6 Å². The normalized spacial score (nSPS) is 11.7. The van der Waals surface area contributed by atoms with Crippen LogP contribution in [0.5, 0.6) is 11.5 Å². The first kappa shape index (κ1) is 24.3. The fourth-order valence-corrected chi connectivity index (χ4v) is 4.63. The maximum Gasteiger partial charge on any atom is 0.322 e. The Kier molecular flexibility index (Phi) is 7.72. The Bertz CT molecular complexity index is 1210. The molecule has 4 rings (SSSR count). The van der Waals surface area contributed by atoms with Gasteiger partial charge in [0.1, 0.15) is 6.54 Å². The van der Waals surface area contributed by atoms with Gasteiger partial charge in [-0.15, -0.1) is 17.9 Å². The Labute approximate surface area is 209 Å². The highest BCUT2D eigenvalue weighted by atomic mass is 32.1. The number of nitrogens with zero attached hydrogens (tertiary/aromatic N) is 2. The van der Waals surface area contributed by atoms with Gasteiger partial charge in [0.15, 0.2) is 11.5 Å². The van der Waals surface area contributed by atoms with Gasteiger partial charge in [-0.2, -0.15) is 0 Å². The molecule has 0 unspecified atom stereocenters. The van der Waals surface area contributed by atoms with Crippen molar-refractivity contribution in [3.05, 3.63) is 88.1 Å². The van der Waals surface area contributed by atoms with Gasteiger partial charge in [0, 0.05) is 23.7 Å². The minimum absolute atomic E-state index is 0.0707. The summed E-state index contributed by atoms with van der Waals surface area (Å²) in [6, 6.07) is 14.9. The van der Waals surface area contributed by atoms with Crippen LogP contribution in [0, 0.1) is 13.8 Å². The van der Waals surface area contributed by atoms with Crippen LogP contribution in [0.25, 0.3) is 0 Å². The highest BCUT2D eigenvalue weighted by Gasteiger charge is 2.23. The third-order valence-electron chi connectivity index (χ3n) is 5.73. The van der Waals surface area contributed by atoms with Crippen LogP contribution in [0.3, 0.4) is 0 Å². The number of aryl methyl sites for hydroxylation is 2. The van der Waals surface area contributed by atoms with E-state index in [1.165, 1.54) is 4.90 Å². The smallest absolute Gasteiger partial charge is 0.322 e. The van der Waals surface area contributed by atoms with E-state index >= 15 is 0 Å². The van der Waals surface area contributed by atoms with E-state index in [4.69, 9.17) is 9.47 Å². The van der Waals surface area contributed by atoms with E-state index < -0.39 is 0 Å². The maximum atomic E-state index is 13.5. The molecule has 0 bridgehead atoms. The summed E-state index contributed by atoms with van der Waals surface area (Å²) in [5.41, 5.74) is 3.84. The van der Waals surface area contributed by atoms with Crippen LogP contribution in [0.15, 0.2) is 66.6 Å². The van der Waals surface area contributed by atoms with Gasteiger partial charge in [-0.25, -0.2) is 4.79 Å². The molecule has 1 aliphatic rings. The van der Waals surface area contributed by atoms with Crippen LogP contribution < -0.4 is 14.8 Å². The molecule has 2 aromatic carbocycles. The number of anilines is 1. The lowest BCUT2D eigenvalue weighted by Crippen LogP contribution is -2.44. The van der Waals surface area contributed by atoms with Crippen LogP contribution in [-0.2, 0) is 17.9 Å². The molecule has 0 saturated heterocycles. The number of nitrogens with one attached hydrogen (secondary N) is 1. The molecule has 182 valence electrons. The Morgan fingerprint density at radius 1 is 1.03 bits per heavy atom. The van der Waals surface area contributed by atoms with Crippen molar-refractivity contribution in [2.45, 2.75) is 26.9 Å². The second-order valence-electron chi connectivity index (χ2n) is 8.43. The number of amides is 3. The number of benzene rings is 2. The Hall–Kier alpha value is -3.78. The fraction of sp³-hybridized carbons (Fsp3) is 0.259. The molecule has 8 heteroatoms. The third kappa shape index (κ3) is 6.22. The van der Waals surface area contributed by atoms with E-state index in [1.54, 1.807) is 22.3 Å². The predicted octanol–water partition coefficient (Wildman–Crippen LogP) is 5.34. The van der Waals surface area contributed by atoms with Gasteiger partial charge in [-0.3, -0.25) is 4.79 Å². The lowest BCUT2D eigenvalue weighted by atomic mass is 10.1. The van der Waals surface area contributed by atoms with Crippen LogP contribution in [0.2, 0.25) is 0 Å². The van der Waals surface area contributed by atoms with Crippen molar-refractivity contribution in [1.29, 1.82) is 0 Å². The number of carbonyl (C=O) groups is 2. The summed E-state index contributed by atoms with van der Waals surface area (Å²) in [6.45, 7) is 8.99. The number of urea groups is 1. The SMILES string of the molecule is C=CCN(CC(=O)N(Cc1ccc2c(c1)OCO2)Cc1sccc1C)C(=O)Nc1ccc(C)cc1. The molecule has 0 atom stereocenters. The average Bonchev–Trinajstić information content (AvgIpc) is 3.48. The summed E-state index contributed by atoms with van der Waals surface area (Å²) in [6.07, 6.45) is 1.62. The molecule has 1 aliphatic heterocycles. The summed E-state index contributed by atoms with van der Waals surface area (Å²) in [7, 11) is 0. The molecule has 1 aromatic heterocycles. The number of hydrogen-bond acceptors (Lipinski definition) is 5. The highest BCUT2D eigenvalue weighted by Crippen LogP contribution is 2.33. The summed E-state index contributed by atoms with van der Waals surface area (Å²) in [5, 5.41) is 4.89. The maximum absolute atomic E-state index is 13.5. The van der Waals surface area contributed by atoms with Gasteiger partial charge in [-0.1, -0.05) is 29.8 Å². The summed E-state index contributed by atoms with van der Waals surface area (Å²) >= 11 is 1.62. The molecule has 0 radical (unpaired) electrons. The van der Waals surface area contributed by atoms with Gasteiger partial charge in [0.05, 0.1) is 6.54 Å². The van der Waals surface area contributed by atoms with Gasteiger partial charge in [0.2, 0.25) is 12.7 Å². The first-order valence-corrected chi connectivity index (χ1v) is 12.2. The van der Waals surface area contributed by atoms with Crippen LogP contribution in [0.1, 0.15) is 21.6 Å². The van der Waals surface area contributed by atoms with Crippen LogP contribution >= 0.6 is 11.3 Å². The molecule has 0 saturated carbocycles. The molecule has 1 N–H and O–H groups in total. The Morgan fingerprint density at radius 3 is 2.51 bits per heavy atom. The van der Waals surface area contributed by atoms with Crippen molar-refractivity contribution in [1.82, 2.24) is 9.80 Å². The zero-order chi connectivity index (χ0) is 24.8. The van der Waals surface area contributed by atoms with Gasteiger partial charge >= 0.3 is 6.03 Å². The predicted molar refractivity (Wildman–Crippen MR) is 138 cm³/mol. The fourth-order valence-electron chi connectivity index (χ4n) is 3.71. The number of rotatable bonds is 9. The molecule has 7 nitrogen and oxygen atoms in total. The van der Waals surface area contributed by atoms with Crippen LogP contribution in [0.4, 0.5) is 10.5 Å². The quantitative estimate of drug-likeness (QED) is 0.410. The Balaban J connectivity index is 1.50. The van der Waals surface area contributed by atoms with Crippen molar-refractivity contribution >= 4 is 29.0 Å². The molecule has 3 aromatic rings. The molecule has 0 spiro atoms. The molecule has 35 heavy (non-hydrogen) atoms. The molecule has 0 aliphatic carbocycles. The number of thiophene rings is 1. The summed E-state index contributed by atoms with van der Waals surface area (Å²) < 4.78 is 10.9. The molecular formula is C27H29N3O4S. The van der Waals surface area contributed by atoms with Crippen molar-refractivity contribution in [2.75, 3.05) is 25.2 Å². The first-order valence-electron chi connectivity index (χ1n) is 11.4. The number of hydrogen-bond donors (Lipinski definition) is 1. The van der Waals surface area contributed by atoms with Gasteiger partial charge in [0.25, 0.3) is 0 Å². The van der Waals surface area contributed by atoms with E-state index in [0.717, 1.165) is 21.6 Å². The standard InChI is InChI=1S/C27H29N3O4S/c1-4-12-29(27(32)28-22-8-5-19(2)6-9-22)17-26(31)30(16-25-20(3)11-13-35-25)15-21-7-10-23-24(14-21)34-18-33-23/h4-11,13-14H,1,12,15-18H2,2-3H3,(H,28,32). The number of fused-ring (bicyclic) bond motifs is 1. The van der Waals surface area contributed by atoms with E-state index in [1.807, 2.05) is 67.8 Å². The number of carbonyl (C=O) groups excluding carboxylic acids is 2. The average molecular weight is 492 g/mol. The first-order chi connectivity index (χ1) is 16.9. The second-order valence-corrected chi connectivity index (χ2v) is 9.43. The van der Waals surface area contributed by atoms with E-state index in [0.29, 0.717) is 30.3 Å². The topological polar surface area (TPSA) is 71.1 Å². The lowest BCUT2D eigenvalue weighted by Gasteiger charge is -2.27. The van der Waals surface area contributed by atoms with Gasteiger partial charge in [-0.05, 0) is 60.7 Å². The Morgan fingerprint density at radius 2 is 1.80 bits per heavy atom. The van der Waals surface area contributed by atoms with Crippen molar-refractivity contribution in [3.63, 3.8) is 0 Å². The van der Waals surface area contributed by atoms with Crippen molar-refractivity contribution in [3.8, 4) is 11.5 Å². The minimum atomic E-state index is -0.350. The molecule has 2 heterocycles. The van der Waals surface area contributed by atoms with E-state index in [9.17, 15) is 9.59 Å². The second kappa shape index (κ2) is 11.1. The third-order valence-corrected chi connectivity index (χ3v) is 6.74. The monoisotopic (exact) mass is 491 g/mol. The van der Waals surface area contributed by atoms with Crippen molar-refractivity contribution in [2.24, 2.45) is 0 Å². The van der Waals surface area contributed by atoms with Gasteiger partial charge < -0.3 is 24.6 Å². The molecule has 0 fully saturated rings. The molecular weight excluding hydrogens is 462 g/mol. The van der Waals surface area contributed by atoms with E-state index in [2.05, 4.69) is 11.9 Å². The number of ether oxygens (including phenoxy) is 2. The summed E-state index contributed by atoms with van der Waals surface area (Å²) in [5.74, 6) is 1.22. The minimum Gasteiger partial charge on any atom is -0.454 e. The summed E-state index contributed by atoms with van der Waals surface area (Å²) in [4.78, 5) is 30.8. The zero-order valence-corrected chi connectivity index (χ0v) is 20.8. The largest absolute Gasteiger partial charge is 0.454 e. The van der Waals surface area contributed by atoms with E-state index in [-0.39, 0.29) is 31.8 Å². The molecule has 3 amide bonds. The van der Waals surface area contributed by atoms with Crippen molar-refractivity contribution < 1.29 is 19.1 Å². The zero-order valence-electron chi connectivity index (χ0n) is 20.0. The lowest BCUT2D eigenvalue weighted by molar-refractivity contribution is -0.132. The highest BCUT2D eigenvalue weighted by molar-refractivity contribution is 7.10.